The van der Waals surface area contributed by atoms with Gasteiger partial charge in [0.05, 0.1) is 12.5 Å². The molecule has 1 fully saturated rings. The summed E-state index contributed by atoms with van der Waals surface area (Å²) in [4.78, 5) is 13.1. The highest BCUT2D eigenvalue weighted by molar-refractivity contribution is 7.98. The Bertz CT molecular complexity index is 505. The van der Waals surface area contributed by atoms with E-state index in [2.05, 4.69) is 0 Å². The molecule has 0 amide bonds. The second kappa shape index (κ2) is 6.08. The Kier molecular flexibility index (Phi) is 4.63. The average Bonchev–Trinajstić information content (AvgIpc) is 2.47. The molecule has 0 unspecified atom stereocenters. The molecule has 110 valence electrons. The molecule has 3 nitrogen and oxygen atoms in total. The number of methoxy groups -OCH3 is 1. The van der Waals surface area contributed by atoms with Crippen LogP contribution in [0.15, 0.2) is 17.0 Å². The zero-order chi connectivity index (χ0) is 14.8. The number of carboxylic acids is 1. The van der Waals surface area contributed by atoms with Crippen LogP contribution < -0.4 is 4.74 Å². The molecule has 1 aromatic carbocycles. The minimum atomic E-state index is -0.776. The van der Waals surface area contributed by atoms with Crippen molar-refractivity contribution < 1.29 is 14.6 Å². The first-order valence-electron chi connectivity index (χ1n) is 7.01. The predicted molar refractivity (Wildman–Crippen MR) is 81.9 cm³/mol. The molecule has 1 saturated carbocycles. The smallest absolute Gasteiger partial charge is 0.314 e. The maximum Gasteiger partial charge on any atom is 0.314 e. The number of hydrogen-bond donors (Lipinski definition) is 1. The fourth-order valence-corrected chi connectivity index (χ4v) is 3.79. The van der Waals surface area contributed by atoms with Gasteiger partial charge >= 0.3 is 5.97 Å². The van der Waals surface area contributed by atoms with E-state index in [1.54, 1.807) is 18.9 Å². The van der Waals surface area contributed by atoms with E-state index in [0.29, 0.717) is 18.6 Å². The highest BCUT2D eigenvalue weighted by Crippen LogP contribution is 2.45. The average molecular weight is 294 g/mol. The van der Waals surface area contributed by atoms with E-state index in [9.17, 15) is 9.90 Å². The van der Waals surface area contributed by atoms with Crippen molar-refractivity contribution in [3.05, 3.63) is 23.3 Å². The van der Waals surface area contributed by atoms with Crippen molar-refractivity contribution in [3.63, 3.8) is 0 Å². The molecule has 0 atom stereocenters. The summed E-state index contributed by atoms with van der Waals surface area (Å²) in [6.07, 6.45) is 6.49. The fourth-order valence-electron chi connectivity index (χ4n) is 3.18. The molecule has 2 rings (SSSR count). The zero-order valence-corrected chi connectivity index (χ0v) is 13.2. The van der Waals surface area contributed by atoms with Gasteiger partial charge in [-0.25, -0.2) is 0 Å². The quantitative estimate of drug-likeness (QED) is 0.852. The monoisotopic (exact) mass is 294 g/mol. The van der Waals surface area contributed by atoms with Crippen molar-refractivity contribution in [2.75, 3.05) is 13.4 Å². The highest BCUT2D eigenvalue weighted by Gasteiger charge is 2.43. The lowest BCUT2D eigenvalue weighted by molar-refractivity contribution is -0.145. The summed E-state index contributed by atoms with van der Waals surface area (Å²) in [5, 5.41) is 9.83. The van der Waals surface area contributed by atoms with Crippen molar-refractivity contribution in [2.45, 2.75) is 49.3 Å². The van der Waals surface area contributed by atoms with Crippen LogP contribution in [-0.4, -0.2) is 24.4 Å². The van der Waals surface area contributed by atoms with Crippen LogP contribution in [0.5, 0.6) is 5.75 Å². The Hall–Kier alpha value is -1.16. The molecule has 1 aliphatic rings. The summed E-state index contributed by atoms with van der Waals surface area (Å²) in [7, 11) is 1.62. The molecule has 0 radical (unpaired) electrons. The normalized spacial score (nSPS) is 17.8. The molecular formula is C16H22O3S. The van der Waals surface area contributed by atoms with Gasteiger partial charge in [-0.1, -0.05) is 19.3 Å². The van der Waals surface area contributed by atoms with Crippen molar-refractivity contribution >= 4 is 17.7 Å². The summed E-state index contributed by atoms with van der Waals surface area (Å²) >= 11 is 1.65. The number of thioether (sulfide) groups is 1. The van der Waals surface area contributed by atoms with Gasteiger partial charge in [-0.15, -0.1) is 11.8 Å². The van der Waals surface area contributed by atoms with Crippen molar-refractivity contribution in [1.29, 1.82) is 0 Å². The zero-order valence-electron chi connectivity index (χ0n) is 12.4. The Labute approximate surface area is 124 Å². The van der Waals surface area contributed by atoms with Crippen LogP contribution in [0.25, 0.3) is 0 Å². The number of hydrogen-bond acceptors (Lipinski definition) is 3. The molecule has 0 spiro atoms. The molecule has 0 aromatic heterocycles. The minimum absolute atomic E-state index is 0.704. The lowest BCUT2D eigenvalue weighted by Gasteiger charge is -2.35. The van der Waals surface area contributed by atoms with Crippen LogP contribution >= 0.6 is 11.8 Å². The Morgan fingerprint density at radius 1 is 1.30 bits per heavy atom. The first-order chi connectivity index (χ1) is 9.55. The second-order valence-corrected chi connectivity index (χ2v) is 6.32. The van der Waals surface area contributed by atoms with Crippen LogP contribution in [0, 0.1) is 6.92 Å². The molecule has 1 aliphatic carbocycles. The maximum atomic E-state index is 12.0. The number of benzene rings is 1. The van der Waals surface area contributed by atoms with Gasteiger partial charge in [-0.2, -0.15) is 0 Å². The Morgan fingerprint density at radius 3 is 2.45 bits per heavy atom. The van der Waals surface area contributed by atoms with Crippen LogP contribution in [0.1, 0.15) is 43.2 Å². The van der Waals surface area contributed by atoms with Crippen LogP contribution in [0.2, 0.25) is 0 Å². The number of aryl methyl sites for hydroxylation is 1. The van der Waals surface area contributed by atoms with Crippen molar-refractivity contribution in [2.24, 2.45) is 0 Å². The third kappa shape index (κ3) is 2.53. The summed E-state index contributed by atoms with van der Waals surface area (Å²) in [5.74, 6) is -0.00370. The lowest BCUT2D eigenvalue weighted by Crippen LogP contribution is -2.38. The Balaban J connectivity index is 2.60. The topological polar surface area (TPSA) is 46.5 Å². The van der Waals surface area contributed by atoms with Gasteiger partial charge in [0.2, 0.25) is 0 Å². The first-order valence-corrected chi connectivity index (χ1v) is 8.24. The summed E-state index contributed by atoms with van der Waals surface area (Å²) in [5.41, 5.74) is 1.21. The van der Waals surface area contributed by atoms with Gasteiger partial charge in [0.15, 0.2) is 0 Å². The Morgan fingerprint density at radius 2 is 1.95 bits per heavy atom. The predicted octanol–water partition coefficient (Wildman–Crippen LogP) is 4.01. The van der Waals surface area contributed by atoms with Gasteiger partial charge in [-0.3, -0.25) is 4.79 Å². The minimum Gasteiger partial charge on any atom is -0.496 e. The van der Waals surface area contributed by atoms with E-state index in [1.807, 2.05) is 25.3 Å². The van der Waals surface area contributed by atoms with Crippen LogP contribution in [-0.2, 0) is 10.2 Å². The third-order valence-corrected chi connectivity index (χ3v) is 5.23. The van der Waals surface area contributed by atoms with Crippen LogP contribution in [0.4, 0.5) is 0 Å². The molecular weight excluding hydrogens is 272 g/mol. The third-order valence-electron chi connectivity index (χ3n) is 4.35. The molecule has 0 heterocycles. The van der Waals surface area contributed by atoms with Gasteiger partial charge < -0.3 is 9.84 Å². The number of rotatable bonds is 4. The fraction of sp³-hybridized carbons (Fsp3) is 0.562. The van der Waals surface area contributed by atoms with Crippen molar-refractivity contribution in [3.8, 4) is 5.75 Å². The highest BCUT2D eigenvalue weighted by atomic mass is 32.2. The summed E-state index contributed by atoms with van der Waals surface area (Å²) in [6, 6.07) is 4.00. The number of carbonyl (C=O) groups is 1. The van der Waals surface area contributed by atoms with Gasteiger partial charge in [-0.05, 0) is 43.7 Å². The SMILES string of the molecule is COc1cc(C)c(SC)cc1C1(C(=O)O)CCCCC1. The number of ether oxygens (including phenoxy) is 1. The number of carboxylic acid groups (broad SMARTS) is 1. The number of aliphatic carboxylic acids is 1. The van der Waals surface area contributed by atoms with E-state index < -0.39 is 11.4 Å². The second-order valence-electron chi connectivity index (χ2n) is 5.47. The molecule has 0 saturated heterocycles. The van der Waals surface area contributed by atoms with E-state index in [0.717, 1.165) is 35.3 Å². The molecule has 0 bridgehead atoms. The molecule has 4 heteroatoms. The van der Waals surface area contributed by atoms with E-state index in [-0.39, 0.29) is 0 Å². The van der Waals surface area contributed by atoms with E-state index >= 15 is 0 Å². The first kappa shape index (κ1) is 15.2. The maximum absolute atomic E-state index is 12.0. The lowest BCUT2D eigenvalue weighted by atomic mass is 9.69. The van der Waals surface area contributed by atoms with Gasteiger partial charge in [0.1, 0.15) is 5.75 Å². The largest absolute Gasteiger partial charge is 0.496 e. The standard InChI is InChI=1S/C16H22O3S/c1-11-9-13(19-2)12(10-14(11)20-3)16(15(17)18)7-5-4-6-8-16/h9-10H,4-8H2,1-3H3,(H,17,18). The van der Waals surface area contributed by atoms with E-state index in [1.165, 1.54) is 0 Å². The van der Waals surface area contributed by atoms with Gasteiger partial charge in [0.25, 0.3) is 0 Å². The summed E-state index contributed by atoms with van der Waals surface area (Å²) in [6.45, 7) is 2.03. The summed E-state index contributed by atoms with van der Waals surface area (Å²) < 4.78 is 5.48. The molecule has 1 aromatic rings. The molecule has 20 heavy (non-hydrogen) atoms. The van der Waals surface area contributed by atoms with E-state index in [4.69, 9.17) is 4.74 Å². The molecule has 1 N–H and O–H groups in total. The molecule has 0 aliphatic heterocycles. The van der Waals surface area contributed by atoms with Crippen molar-refractivity contribution in [1.82, 2.24) is 0 Å². The van der Waals surface area contributed by atoms with Crippen LogP contribution in [0.3, 0.4) is 0 Å². The van der Waals surface area contributed by atoms with Gasteiger partial charge in [0, 0.05) is 10.5 Å².